The molecule has 8 heteroatoms. The molecule has 1 saturated heterocycles. The van der Waals surface area contributed by atoms with E-state index in [2.05, 4.69) is 17.2 Å². The topological polar surface area (TPSA) is 119 Å². The van der Waals surface area contributed by atoms with E-state index in [1.807, 2.05) is 51.1 Å². The van der Waals surface area contributed by atoms with Gasteiger partial charge in [0, 0.05) is 24.2 Å². The van der Waals surface area contributed by atoms with Gasteiger partial charge in [0.15, 0.2) is 6.10 Å². The maximum atomic E-state index is 13.7. The number of nitrogens with one attached hydrogen (secondary N) is 2. The first-order chi connectivity index (χ1) is 17.5. The lowest BCUT2D eigenvalue weighted by Crippen LogP contribution is -2.57. The van der Waals surface area contributed by atoms with Gasteiger partial charge in [0.1, 0.15) is 11.8 Å². The van der Waals surface area contributed by atoms with Gasteiger partial charge in [0.2, 0.25) is 5.91 Å². The number of phenols is 1. The highest BCUT2D eigenvalue weighted by Gasteiger charge is 2.52. The third-order valence-corrected chi connectivity index (χ3v) is 7.51. The highest BCUT2D eigenvalue weighted by Crippen LogP contribution is 2.41. The summed E-state index contributed by atoms with van der Waals surface area (Å²) in [5.41, 5.74) is 0.934. The fourth-order valence-electron chi connectivity index (χ4n) is 4.84. The molecular weight excluding hydrogens is 470 g/mol. The van der Waals surface area contributed by atoms with Crippen molar-refractivity contribution >= 4 is 17.7 Å². The molecule has 0 bridgehead atoms. The molecule has 0 aliphatic carbocycles. The maximum absolute atomic E-state index is 13.7. The molecule has 8 nitrogen and oxygen atoms in total. The third-order valence-electron chi connectivity index (χ3n) is 7.51. The van der Waals surface area contributed by atoms with Crippen molar-refractivity contribution in [2.45, 2.75) is 52.3 Å². The zero-order chi connectivity index (χ0) is 27.3. The summed E-state index contributed by atoms with van der Waals surface area (Å²) in [6.45, 7) is 11.7. The number of aliphatic hydroxyl groups is 1. The van der Waals surface area contributed by atoms with Gasteiger partial charge < -0.3 is 25.7 Å². The number of aromatic hydroxyl groups is 1. The molecule has 4 atom stereocenters. The normalized spacial score (nSPS) is 20.1. The van der Waals surface area contributed by atoms with Crippen molar-refractivity contribution in [1.82, 2.24) is 15.5 Å². The minimum Gasteiger partial charge on any atom is -0.508 e. The molecule has 0 spiro atoms. The molecule has 0 aromatic heterocycles. The lowest BCUT2D eigenvalue weighted by atomic mass is 9.77. The Morgan fingerprint density at radius 2 is 1.84 bits per heavy atom. The summed E-state index contributed by atoms with van der Waals surface area (Å²) in [5, 5.41) is 27.0. The van der Waals surface area contributed by atoms with E-state index in [0.29, 0.717) is 12.1 Å². The van der Waals surface area contributed by atoms with Crippen LogP contribution in [0.3, 0.4) is 0 Å². The van der Waals surface area contributed by atoms with Gasteiger partial charge in [-0.2, -0.15) is 0 Å². The number of nitrogens with zero attached hydrogens (tertiary/aromatic N) is 1. The standard InChI is InChI=1S/C29H37N3O5/c1-6-15-30-27(36)25-29(4,5)18(2)17-32(25)28(37)24(34)22(16-20-11-8-7-9-12-20)31-26(35)21-13-10-14-23(33)19(21)3/h6-14,18,22,24-25,33-34H,1,15-17H2,2-5H3,(H,30,36)(H,31,35)/t18-,22?,24?,25?/m1/s1. The second kappa shape index (κ2) is 11.6. The molecule has 198 valence electrons. The summed E-state index contributed by atoms with van der Waals surface area (Å²) in [4.78, 5) is 41.4. The summed E-state index contributed by atoms with van der Waals surface area (Å²) < 4.78 is 0. The monoisotopic (exact) mass is 507 g/mol. The Bertz CT molecular complexity index is 1150. The van der Waals surface area contributed by atoms with E-state index in [1.54, 1.807) is 25.1 Å². The largest absolute Gasteiger partial charge is 0.508 e. The zero-order valence-corrected chi connectivity index (χ0v) is 21.9. The Kier molecular flexibility index (Phi) is 8.76. The molecule has 0 radical (unpaired) electrons. The van der Waals surface area contributed by atoms with E-state index in [4.69, 9.17) is 0 Å². The fourth-order valence-corrected chi connectivity index (χ4v) is 4.84. The Morgan fingerprint density at radius 3 is 2.49 bits per heavy atom. The molecule has 3 rings (SSSR count). The van der Waals surface area contributed by atoms with Crippen molar-refractivity contribution in [3.05, 3.63) is 77.9 Å². The van der Waals surface area contributed by atoms with Crippen LogP contribution < -0.4 is 10.6 Å². The van der Waals surface area contributed by atoms with Crippen LogP contribution in [-0.2, 0) is 16.0 Å². The first kappa shape index (κ1) is 27.9. The molecule has 37 heavy (non-hydrogen) atoms. The van der Waals surface area contributed by atoms with E-state index in [9.17, 15) is 24.6 Å². The van der Waals surface area contributed by atoms with Crippen LogP contribution in [0.5, 0.6) is 5.75 Å². The summed E-state index contributed by atoms with van der Waals surface area (Å²) in [6.07, 6.45) is 0.161. The number of carbonyl (C=O) groups is 3. The molecule has 1 fully saturated rings. The van der Waals surface area contributed by atoms with Gasteiger partial charge in [-0.05, 0) is 42.4 Å². The minimum atomic E-state index is -1.60. The van der Waals surface area contributed by atoms with Crippen LogP contribution in [0.15, 0.2) is 61.2 Å². The number of hydrogen-bond donors (Lipinski definition) is 4. The van der Waals surface area contributed by atoms with E-state index in [1.165, 1.54) is 11.0 Å². The van der Waals surface area contributed by atoms with Gasteiger partial charge in [-0.1, -0.05) is 63.2 Å². The molecule has 1 aliphatic heterocycles. The summed E-state index contributed by atoms with van der Waals surface area (Å²) in [7, 11) is 0. The number of benzene rings is 2. The SMILES string of the molecule is C=CCNC(=O)C1N(C(=O)C(O)C(Cc2ccccc2)NC(=O)c2cccc(O)c2C)C[C@@H](C)C1(C)C. The van der Waals surface area contributed by atoms with Crippen molar-refractivity contribution in [2.24, 2.45) is 11.3 Å². The lowest BCUT2D eigenvalue weighted by Gasteiger charge is -2.34. The van der Waals surface area contributed by atoms with Crippen LogP contribution >= 0.6 is 0 Å². The molecular formula is C29H37N3O5. The van der Waals surface area contributed by atoms with Crippen molar-refractivity contribution in [1.29, 1.82) is 0 Å². The maximum Gasteiger partial charge on any atom is 0.254 e. The van der Waals surface area contributed by atoms with Crippen LogP contribution in [0.1, 0.15) is 42.3 Å². The van der Waals surface area contributed by atoms with E-state index >= 15 is 0 Å². The quantitative estimate of drug-likeness (QED) is 0.389. The van der Waals surface area contributed by atoms with Crippen molar-refractivity contribution in [3.63, 3.8) is 0 Å². The highest BCUT2D eigenvalue weighted by molar-refractivity contribution is 5.97. The number of carbonyl (C=O) groups excluding carboxylic acids is 3. The van der Waals surface area contributed by atoms with Gasteiger partial charge in [0.25, 0.3) is 11.8 Å². The van der Waals surface area contributed by atoms with Gasteiger partial charge in [0.05, 0.1) is 6.04 Å². The Hall–Kier alpha value is -3.65. The molecule has 3 unspecified atom stereocenters. The number of aliphatic hydroxyl groups excluding tert-OH is 1. The minimum absolute atomic E-state index is 0.000221. The fraction of sp³-hybridized carbons (Fsp3) is 0.414. The molecule has 0 saturated carbocycles. The van der Waals surface area contributed by atoms with E-state index in [-0.39, 0.29) is 36.1 Å². The molecule has 3 amide bonds. The molecule has 2 aromatic carbocycles. The smallest absolute Gasteiger partial charge is 0.254 e. The van der Waals surface area contributed by atoms with E-state index in [0.717, 1.165) is 5.56 Å². The highest BCUT2D eigenvalue weighted by atomic mass is 16.3. The second-order valence-corrected chi connectivity index (χ2v) is 10.3. The van der Waals surface area contributed by atoms with Gasteiger partial charge in [-0.3, -0.25) is 14.4 Å². The van der Waals surface area contributed by atoms with Crippen LogP contribution in [0.2, 0.25) is 0 Å². The lowest BCUT2D eigenvalue weighted by molar-refractivity contribution is -0.148. The van der Waals surface area contributed by atoms with Gasteiger partial charge in [-0.15, -0.1) is 6.58 Å². The number of rotatable bonds is 9. The Balaban J connectivity index is 1.91. The molecule has 4 N–H and O–H groups in total. The van der Waals surface area contributed by atoms with Crippen molar-refractivity contribution in [3.8, 4) is 5.75 Å². The summed E-state index contributed by atoms with van der Waals surface area (Å²) >= 11 is 0. The predicted octanol–water partition coefficient (Wildman–Crippen LogP) is 2.58. The average Bonchev–Trinajstić information content (AvgIpc) is 3.11. The number of phenolic OH excluding ortho intramolecular Hbond substituents is 1. The first-order valence-corrected chi connectivity index (χ1v) is 12.5. The Labute approximate surface area is 218 Å². The predicted molar refractivity (Wildman–Crippen MR) is 142 cm³/mol. The van der Waals surface area contributed by atoms with Crippen molar-refractivity contribution < 1.29 is 24.6 Å². The van der Waals surface area contributed by atoms with Gasteiger partial charge >= 0.3 is 0 Å². The number of hydrogen-bond acceptors (Lipinski definition) is 5. The second-order valence-electron chi connectivity index (χ2n) is 10.3. The van der Waals surface area contributed by atoms with Crippen LogP contribution in [0, 0.1) is 18.3 Å². The average molecular weight is 508 g/mol. The number of amides is 3. The van der Waals surface area contributed by atoms with Crippen LogP contribution in [0.25, 0.3) is 0 Å². The van der Waals surface area contributed by atoms with Crippen LogP contribution in [0.4, 0.5) is 0 Å². The summed E-state index contributed by atoms with van der Waals surface area (Å²) in [6, 6.07) is 12.1. The van der Waals surface area contributed by atoms with Gasteiger partial charge in [-0.25, -0.2) is 0 Å². The molecule has 1 heterocycles. The Morgan fingerprint density at radius 1 is 1.16 bits per heavy atom. The molecule has 1 aliphatic rings. The zero-order valence-electron chi connectivity index (χ0n) is 21.9. The van der Waals surface area contributed by atoms with Crippen LogP contribution in [-0.4, -0.2) is 64.1 Å². The number of likely N-dealkylation sites (tertiary alicyclic amines) is 1. The molecule has 2 aromatic rings. The van der Waals surface area contributed by atoms with Crippen molar-refractivity contribution in [2.75, 3.05) is 13.1 Å². The third kappa shape index (κ3) is 6.02. The van der Waals surface area contributed by atoms with E-state index < -0.39 is 35.4 Å². The first-order valence-electron chi connectivity index (χ1n) is 12.5. The summed E-state index contributed by atoms with van der Waals surface area (Å²) in [5.74, 6) is -1.47.